The number of hydrogen-bond donors (Lipinski definition) is 0. The van der Waals surface area contributed by atoms with Gasteiger partial charge in [0.1, 0.15) is 11.9 Å². The first-order valence-electron chi connectivity index (χ1n) is 4.94. The minimum atomic E-state index is -4.37. The van der Waals surface area contributed by atoms with Crippen molar-refractivity contribution in [2.24, 2.45) is 0 Å². The quantitative estimate of drug-likeness (QED) is 0.725. The third-order valence-corrected chi connectivity index (χ3v) is 2.88. The van der Waals surface area contributed by atoms with Gasteiger partial charge in [-0.15, -0.1) is 11.6 Å². The zero-order valence-corrected chi connectivity index (χ0v) is 9.05. The molecule has 1 aromatic rings. The summed E-state index contributed by atoms with van der Waals surface area (Å²) >= 11 is 5.74. The van der Waals surface area contributed by atoms with Crippen molar-refractivity contribution >= 4 is 11.6 Å². The molecule has 0 radical (unpaired) electrons. The fourth-order valence-corrected chi connectivity index (χ4v) is 1.98. The van der Waals surface area contributed by atoms with Crippen molar-refractivity contribution < 1.29 is 17.9 Å². The van der Waals surface area contributed by atoms with E-state index in [0.717, 1.165) is 6.07 Å². The Morgan fingerprint density at radius 1 is 1.19 bits per heavy atom. The van der Waals surface area contributed by atoms with Crippen LogP contribution in [0.1, 0.15) is 18.4 Å². The Kier molecular flexibility index (Phi) is 3.02. The molecule has 5 heteroatoms. The smallest absolute Gasteiger partial charge is 0.419 e. The van der Waals surface area contributed by atoms with Crippen molar-refractivity contribution in [3.8, 4) is 5.75 Å². The average molecular weight is 251 g/mol. The van der Waals surface area contributed by atoms with E-state index in [9.17, 15) is 13.2 Å². The Labute approximate surface area is 96.2 Å². The molecule has 1 aliphatic rings. The van der Waals surface area contributed by atoms with Crippen molar-refractivity contribution in [2.75, 3.05) is 0 Å². The molecule has 0 amide bonds. The predicted octanol–water partition coefficient (Wildman–Crippen LogP) is 3.85. The number of ether oxygens (including phenoxy) is 1. The second-order valence-electron chi connectivity index (χ2n) is 3.80. The van der Waals surface area contributed by atoms with Crippen LogP contribution >= 0.6 is 11.6 Å². The number of alkyl halides is 4. The van der Waals surface area contributed by atoms with E-state index in [0.29, 0.717) is 12.8 Å². The highest BCUT2D eigenvalue weighted by Gasteiger charge is 2.36. The van der Waals surface area contributed by atoms with E-state index in [1.54, 1.807) is 0 Å². The monoisotopic (exact) mass is 250 g/mol. The van der Waals surface area contributed by atoms with E-state index in [1.807, 2.05) is 0 Å². The van der Waals surface area contributed by atoms with E-state index < -0.39 is 11.7 Å². The zero-order valence-electron chi connectivity index (χ0n) is 8.30. The largest absolute Gasteiger partial charge is 0.490 e. The molecule has 0 N–H and O–H groups in total. The lowest BCUT2D eigenvalue weighted by Gasteiger charge is -2.32. The van der Waals surface area contributed by atoms with E-state index in [2.05, 4.69) is 0 Å². The number of hydrogen-bond acceptors (Lipinski definition) is 1. The number of para-hydroxylation sites is 1. The lowest BCUT2D eigenvalue weighted by atomic mass is 9.95. The second-order valence-corrected chi connectivity index (χ2v) is 4.42. The van der Waals surface area contributed by atoms with Crippen molar-refractivity contribution in [3.05, 3.63) is 29.8 Å². The Bertz CT molecular complexity index is 372. The molecule has 1 nitrogen and oxygen atoms in total. The van der Waals surface area contributed by atoms with Crippen LogP contribution in [0, 0.1) is 0 Å². The molecule has 0 aromatic heterocycles. The first-order valence-corrected chi connectivity index (χ1v) is 5.37. The fraction of sp³-hybridized carbons (Fsp3) is 0.455. The SMILES string of the molecule is FC(F)(F)c1ccccc1OC1CC(Cl)C1. The maximum absolute atomic E-state index is 12.6. The van der Waals surface area contributed by atoms with Crippen LogP contribution in [0.4, 0.5) is 13.2 Å². The van der Waals surface area contributed by atoms with Gasteiger partial charge in [-0.2, -0.15) is 13.2 Å². The lowest BCUT2D eigenvalue weighted by molar-refractivity contribution is -0.139. The van der Waals surface area contributed by atoms with Gasteiger partial charge in [-0.1, -0.05) is 12.1 Å². The Balaban J connectivity index is 2.14. The first-order chi connectivity index (χ1) is 7.47. The maximum Gasteiger partial charge on any atom is 0.419 e. The molecule has 2 rings (SSSR count). The molecule has 1 fully saturated rings. The highest BCUT2D eigenvalue weighted by atomic mass is 35.5. The van der Waals surface area contributed by atoms with Crippen LogP contribution in [0.15, 0.2) is 24.3 Å². The topological polar surface area (TPSA) is 9.23 Å². The van der Waals surface area contributed by atoms with Gasteiger partial charge in [-0.3, -0.25) is 0 Å². The number of benzene rings is 1. The third-order valence-electron chi connectivity index (χ3n) is 2.52. The molecule has 0 atom stereocenters. The standard InChI is InChI=1S/C11H10ClF3O/c12-7-5-8(6-7)16-10-4-2-1-3-9(10)11(13,14)15/h1-4,7-8H,5-6H2. The molecule has 1 aromatic carbocycles. The summed E-state index contributed by atoms with van der Waals surface area (Å²) in [5.41, 5.74) is -0.729. The van der Waals surface area contributed by atoms with Crippen molar-refractivity contribution in [3.63, 3.8) is 0 Å². The molecule has 1 saturated carbocycles. The fourth-order valence-electron chi connectivity index (χ4n) is 1.58. The highest BCUT2D eigenvalue weighted by molar-refractivity contribution is 6.21. The minimum Gasteiger partial charge on any atom is -0.490 e. The minimum absolute atomic E-state index is 0.0306. The zero-order chi connectivity index (χ0) is 11.8. The molecule has 88 valence electrons. The molecule has 0 saturated heterocycles. The van der Waals surface area contributed by atoms with Gasteiger partial charge in [-0.05, 0) is 12.1 Å². The van der Waals surface area contributed by atoms with Gasteiger partial charge in [0.05, 0.1) is 5.56 Å². The van der Waals surface area contributed by atoms with Crippen LogP contribution in [-0.2, 0) is 6.18 Å². The van der Waals surface area contributed by atoms with Crippen molar-refractivity contribution in [1.82, 2.24) is 0 Å². The van der Waals surface area contributed by atoms with Gasteiger partial charge in [0.25, 0.3) is 0 Å². The van der Waals surface area contributed by atoms with Crippen LogP contribution in [0.3, 0.4) is 0 Å². The third kappa shape index (κ3) is 2.43. The number of halogens is 4. The molecule has 0 spiro atoms. The van der Waals surface area contributed by atoms with Crippen LogP contribution in [-0.4, -0.2) is 11.5 Å². The van der Waals surface area contributed by atoms with Gasteiger partial charge in [0, 0.05) is 18.2 Å². The predicted molar refractivity (Wildman–Crippen MR) is 54.7 cm³/mol. The lowest BCUT2D eigenvalue weighted by Crippen LogP contribution is -2.34. The van der Waals surface area contributed by atoms with Gasteiger partial charge in [-0.25, -0.2) is 0 Å². The molecule has 1 aliphatic carbocycles. The molecule has 0 heterocycles. The van der Waals surface area contributed by atoms with E-state index in [-0.39, 0.29) is 17.2 Å². The van der Waals surface area contributed by atoms with Crippen LogP contribution in [0.25, 0.3) is 0 Å². The maximum atomic E-state index is 12.6. The average Bonchev–Trinajstić information content (AvgIpc) is 2.14. The summed E-state index contributed by atoms with van der Waals surface area (Å²) in [4.78, 5) is 0. The molecule has 16 heavy (non-hydrogen) atoms. The first kappa shape index (κ1) is 11.6. The second kappa shape index (κ2) is 4.17. The summed E-state index contributed by atoms with van der Waals surface area (Å²) in [6, 6.07) is 5.23. The molecule has 0 unspecified atom stereocenters. The summed E-state index contributed by atoms with van der Waals surface area (Å²) in [6.07, 6.45) is -3.35. The van der Waals surface area contributed by atoms with E-state index >= 15 is 0 Å². The molecular weight excluding hydrogens is 241 g/mol. The van der Waals surface area contributed by atoms with E-state index in [4.69, 9.17) is 16.3 Å². The molecular formula is C11H10ClF3O. The van der Waals surface area contributed by atoms with Gasteiger partial charge in [0.2, 0.25) is 0 Å². The summed E-state index contributed by atoms with van der Waals surface area (Å²) in [5.74, 6) is -0.108. The van der Waals surface area contributed by atoms with Gasteiger partial charge >= 0.3 is 6.18 Å². The Hall–Kier alpha value is -0.900. The van der Waals surface area contributed by atoms with Gasteiger partial charge in [0.15, 0.2) is 0 Å². The highest BCUT2D eigenvalue weighted by Crippen LogP contribution is 2.38. The molecule has 0 aliphatic heterocycles. The van der Waals surface area contributed by atoms with Crippen LogP contribution in [0.5, 0.6) is 5.75 Å². The summed E-state index contributed by atoms with van der Waals surface area (Å²) in [5, 5.41) is 0.0306. The van der Waals surface area contributed by atoms with Crippen LogP contribution < -0.4 is 4.74 Å². The van der Waals surface area contributed by atoms with Crippen molar-refractivity contribution in [2.45, 2.75) is 30.5 Å². The summed E-state index contributed by atoms with van der Waals surface area (Å²) in [7, 11) is 0. The summed E-state index contributed by atoms with van der Waals surface area (Å²) in [6.45, 7) is 0. The van der Waals surface area contributed by atoms with Gasteiger partial charge < -0.3 is 4.74 Å². The summed E-state index contributed by atoms with van der Waals surface area (Å²) < 4.78 is 43.0. The molecule has 0 bridgehead atoms. The van der Waals surface area contributed by atoms with Crippen LogP contribution in [0.2, 0.25) is 0 Å². The number of rotatable bonds is 2. The Morgan fingerprint density at radius 2 is 1.81 bits per heavy atom. The normalized spacial score (nSPS) is 25.0. The van der Waals surface area contributed by atoms with Crippen molar-refractivity contribution in [1.29, 1.82) is 0 Å². The van der Waals surface area contributed by atoms with E-state index in [1.165, 1.54) is 18.2 Å². The Morgan fingerprint density at radius 3 is 2.38 bits per heavy atom.